The van der Waals surface area contributed by atoms with Gasteiger partial charge in [0.15, 0.2) is 0 Å². The number of anilines is 1. The molecule has 0 amide bonds. The lowest BCUT2D eigenvalue weighted by atomic mass is 10.0. The van der Waals surface area contributed by atoms with Gasteiger partial charge in [0.25, 0.3) is 0 Å². The van der Waals surface area contributed by atoms with Crippen molar-refractivity contribution < 1.29 is 4.79 Å². The molecule has 0 bridgehead atoms. The summed E-state index contributed by atoms with van der Waals surface area (Å²) in [6, 6.07) is 20.4. The van der Waals surface area contributed by atoms with Crippen LogP contribution in [0.4, 0.5) is 5.69 Å². The van der Waals surface area contributed by atoms with Gasteiger partial charge in [-0.15, -0.1) is 0 Å². The van der Waals surface area contributed by atoms with Gasteiger partial charge < -0.3 is 4.90 Å². The number of carbonyl (C=O) groups is 1. The minimum Gasteiger partial charge on any atom is -0.378 e. The van der Waals surface area contributed by atoms with E-state index in [1.165, 1.54) is 5.39 Å². The molecule has 0 fully saturated rings. The van der Waals surface area contributed by atoms with E-state index in [1.54, 1.807) is 11.8 Å². The van der Waals surface area contributed by atoms with Gasteiger partial charge in [0.05, 0.1) is 4.91 Å². The molecular weight excluding hydrogens is 314 g/mol. The van der Waals surface area contributed by atoms with Crippen LogP contribution in [0.25, 0.3) is 16.8 Å². The number of fused-ring (bicyclic) bond motifs is 3. The first kappa shape index (κ1) is 15.0. The predicted molar refractivity (Wildman–Crippen MR) is 103 cm³/mol. The van der Waals surface area contributed by atoms with Crippen LogP contribution in [0.1, 0.15) is 15.9 Å². The molecule has 1 aliphatic rings. The standard InChI is InChI=1S/C21H17NOS/c1-22(2)16-10-7-14(8-11-16)13-19-20(23)18-12-9-15-5-3-4-6-17(15)21(18)24-19/h3-13H,1-2H3/b19-13+. The van der Waals surface area contributed by atoms with Crippen molar-refractivity contribution in [2.24, 2.45) is 0 Å². The van der Waals surface area contributed by atoms with E-state index in [4.69, 9.17) is 0 Å². The van der Waals surface area contributed by atoms with Crippen molar-refractivity contribution in [3.8, 4) is 0 Å². The Labute approximate surface area is 145 Å². The zero-order chi connectivity index (χ0) is 16.7. The highest BCUT2D eigenvalue weighted by Crippen LogP contribution is 2.44. The summed E-state index contributed by atoms with van der Waals surface area (Å²) in [5.41, 5.74) is 3.01. The van der Waals surface area contributed by atoms with E-state index in [1.807, 2.05) is 44.4 Å². The molecule has 0 aliphatic carbocycles. The molecule has 0 saturated heterocycles. The first-order valence-electron chi connectivity index (χ1n) is 7.87. The zero-order valence-corrected chi connectivity index (χ0v) is 14.4. The molecule has 4 rings (SSSR count). The number of thioether (sulfide) groups is 1. The second kappa shape index (κ2) is 5.84. The zero-order valence-electron chi connectivity index (χ0n) is 13.6. The van der Waals surface area contributed by atoms with E-state index < -0.39 is 0 Å². The minimum atomic E-state index is 0.123. The summed E-state index contributed by atoms with van der Waals surface area (Å²) in [4.78, 5) is 16.7. The van der Waals surface area contributed by atoms with E-state index in [2.05, 4.69) is 41.3 Å². The Kier molecular flexibility index (Phi) is 3.66. The first-order valence-corrected chi connectivity index (χ1v) is 8.68. The highest BCUT2D eigenvalue weighted by atomic mass is 32.2. The average molecular weight is 331 g/mol. The number of rotatable bonds is 2. The van der Waals surface area contributed by atoms with E-state index in [0.717, 1.165) is 32.0 Å². The quantitative estimate of drug-likeness (QED) is 0.599. The number of hydrogen-bond donors (Lipinski definition) is 0. The van der Waals surface area contributed by atoms with Gasteiger partial charge in [-0.2, -0.15) is 0 Å². The van der Waals surface area contributed by atoms with Gasteiger partial charge in [0, 0.05) is 30.2 Å². The topological polar surface area (TPSA) is 20.3 Å². The fourth-order valence-corrected chi connectivity index (χ4v) is 4.12. The molecule has 0 unspecified atom stereocenters. The van der Waals surface area contributed by atoms with E-state index in [9.17, 15) is 4.79 Å². The average Bonchev–Trinajstić information content (AvgIpc) is 2.92. The van der Waals surface area contributed by atoms with Gasteiger partial charge in [0.2, 0.25) is 5.78 Å². The Morgan fingerprint density at radius 3 is 2.42 bits per heavy atom. The third kappa shape index (κ3) is 2.51. The van der Waals surface area contributed by atoms with Crippen LogP contribution in [0.15, 0.2) is 70.5 Å². The van der Waals surface area contributed by atoms with Crippen molar-refractivity contribution in [3.05, 3.63) is 76.7 Å². The number of carbonyl (C=O) groups excluding carboxylic acids is 1. The molecule has 0 saturated carbocycles. The van der Waals surface area contributed by atoms with Crippen LogP contribution >= 0.6 is 11.8 Å². The Hall–Kier alpha value is -2.52. The smallest absolute Gasteiger partial charge is 0.200 e. The van der Waals surface area contributed by atoms with E-state index in [0.29, 0.717) is 0 Å². The van der Waals surface area contributed by atoms with Crippen LogP contribution in [-0.2, 0) is 0 Å². The molecule has 0 N–H and O–H groups in total. The number of Topliss-reactive ketones (excluding diaryl/α,β-unsaturated/α-hetero) is 1. The van der Waals surface area contributed by atoms with Crippen molar-refractivity contribution in [1.82, 2.24) is 0 Å². The summed E-state index contributed by atoms with van der Waals surface area (Å²) in [5.74, 6) is 0.123. The maximum Gasteiger partial charge on any atom is 0.200 e. The Bertz CT molecular complexity index is 971. The molecule has 0 atom stereocenters. The fourth-order valence-electron chi connectivity index (χ4n) is 2.94. The third-order valence-electron chi connectivity index (χ3n) is 4.27. The summed E-state index contributed by atoms with van der Waals surface area (Å²) in [7, 11) is 4.04. The number of allylic oxidation sites excluding steroid dienone is 1. The van der Waals surface area contributed by atoms with E-state index >= 15 is 0 Å². The summed E-state index contributed by atoms with van der Waals surface area (Å²) < 4.78 is 0. The van der Waals surface area contributed by atoms with Crippen molar-refractivity contribution in [3.63, 3.8) is 0 Å². The van der Waals surface area contributed by atoms with Crippen LogP contribution in [0.3, 0.4) is 0 Å². The van der Waals surface area contributed by atoms with Crippen LogP contribution < -0.4 is 4.90 Å². The third-order valence-corrected chi connectivity index (χ3v) is 5.43. The number of hydrogen-bond acceptors (Lipinski definition) is 3. The predicted octanol–water partition coefficient (Wildman–Crippen LogP) is 5.24. The lowest BCUT2D eigenvalue weighted by Gasteiger charge is -2.11. The fraction of sp³-hybridized carbons (Fsp3) is 0.0952. The molecule has 0 radical (unpaired) electrons. The second-order valence-electron chi connectivity index (χ2n) is 6.09. The molecule has 3 heteroatoms. The van der Waals surface area contributed by atoms with Crippen molar-refractivity contribution in [1.29, 1.82) is 0 Å². The normalized spacial score (nSPS) is 15.1. The molecule has 2 nitrogen and oxygen atoms in total. The molecular formula is C21H17NOS. The lowest BCUT2D eigenvalue weighted by molar-refractivity contribution is 0.104. The molecule has 3 aromatic rings. The summed E-state index contributed by atoms with van der Waals surface area (Å²) in [6.45, 7) is 0. The SMILES string of the molecule is CN(C)c1ccc(/C=C2/Sc3c(ccc4ccccc34)C2=O)cc1. The Morgan fingerprint density at radius 1 is 0.917 bits per heavy atom. The van der Waals surface area contributed by atoms with Crippen LogP contribution in [0.2, 0.25) is 0 Å². The monoisotopic (exact) mass is 331 g/mol. The van der Waals surface area contributed by atoms with Gasteiger partial charge in [-0.25, -0.2) is 0 Å². The van der Waals surface area contributed by atoms with Crippen LogP contribution in [-0.4, -0.2) is 19.9 Å². The highest BCUT2D eigenvalue weighted by molar-refractivity contribution is 8.05. The number of nitrogens with zero attached hydrogens (tertiary/aromatic N) is 1. The summed E-state index contributed by atoms with van der Waals surface area (Å²) >= 11 is 1.58. The molecule has 24 heavy (non-hydrogen) atoms. The van der Waals surface area contributed by atoms with Gasteiger partial charge in [0.1, 0.15) is 0 Å². The van der Waals surface area contributed by atoms with Crippen molar-refractivity contribution in [2.45, 2.75) is 4.90 Å². The van der Waals surface area contributed by atoms with E-state index in [-0.39, 0.29) is 5.78 Å². The maximum atomic E-state index is 12.7. The molecule has 1 heterocycles. The van der Waals surface area contributed by atoms with Crippen LogP contribution in [0, 0.1) is 0 Å². The Balaban J connectivity index is 1.73. The van der Waals surface area contributed by atoms with Crippen molar-refractivity contribution >= 4 is 40.1 Å². The van der Waals surface area contributed by atoms with Gasteiger partial charge in [-0.05, 0) is 40.6 Å². The summed E-state index contributed by atoms with van der Waals surface area (Å²) in [5, 5.41) is 2.33. The van der Waals surface area contributed by atoms with Gasteiger partial charge >= 0.3 is 0 Å². The second-order valence-corrected chi connectivity index (χ2v) is 7.14. The largest absolute Gasteiger partial charge is 0.378 e. The molecule has 1 aliphatic heterocycles. The summed E-state index contributed by atoms with van der Waals surface area (Å²) in [6.07, 6.45) is 1.99. The highest BCUT2D eigenvalue weighted by Gasteiger charge is 2.27. The van der Waals surface area contributed by atoms with Gasteiger partial charge in [-0.3, -0.25) is 4.79 Å². The molecule has 118 valence electrons. The van der Waals surface area contributed by atoms with Crippen molar-refractivity contribution in [2.75, 3.05) is 19.0 Å². The minimum absolute atomic E-state index is 0.123. The maximum absolute atomic E-state index is 12.7. The number of ketones is 1. The molecule has 3 aromatic carbocycles. The number of benzene rings is 3. The molecule has 0 spiro atoms. The van der Waals surface area contributed by atoms with Gasteiger partial charge in [-0.1, -0.05) is 54.2 Å². The molecule has 0 aromatic heterocycles. The Morgan fingerprint density at radius 2 is 1.67 bits per heavy atom. The lowest BCUT2D eigenvalue weighted by Crippen LogP contribution is -2.07. The first-order chi connectivity index (χ1) is 11.6. The van der Waals surface area contributed by atoms with Crippen LogP contribution in [0.5, 0.6) is 0 Å².